The van der Waals surface area contributed by atoms with Crippen LogP contribution in [0.5, 0.6) is 11.5 Å². The van der Waals surface area contributed by atoms with Gasteiger partial charge >= 0.3 is 0 Å². The van der Waals surface area contributed by atoms with Crippen LogP contribution >= 0.6 is 11.6 Å². The van der Waals surface area contributed by atoms with Gasteiger partial charge in [0.1, 0.15) is 11.5 Å². The van der Waals surface area contributed by atoms with E-state index in [1.54, 1.807) is 36.4 Å². The van der Waals surface area contributed by atoms with Crippen molar-refractivity contribution >= 4 is 23.7 Å². The third kappa shape index (κ3) is 4.30. The lowest BCUT2D eigenvalue weighted by molar-refractivity contribution is 0.0954. The highest BCUT2D eigenvalue weighted by Crippen LogP contribution is 2.29. The highest BCUT2D eigenvalue weighted by atomic mass is 35.5. The zero-order valence-corrected chi connectivity index (χ0v) is 15.5. The van der Waals surface area contributed by atoms with E-state index >= 15 is 0 Å². The Bertz CT molecular complexity index is 982. The van der Waals surface area contributed by atoms with Crippen molar-refractivity contribution in [2.45, 2.75) is 0 Å². The number of hydrogen-bond acceptors (Lipinski definition) is 5. The van der Waals surface area contributed by atoms with Crippen LogP contribution in [0.1, 0.15) is 16.1 Å². The topological polar surface area (TPSA) is 73.1 Å². The number of hydrogen-bond donors (Lipinski definition) is 1. The number of furan rings is 1. The van der Waals surface area contributed by atoms with Gasteiger partial charge in [-0.1, -0.05) is 23.7 Å². The molecule has 0 fully saturated rings. The van der Waals surface area contributed by atoms with Gasteiger partial charge in [0.05, 0.1) is 25.5 Å². The molecule has 0 aliphatic rings. The zero-order valence-electron chi connectivity index (χ0n) is 14.7. The van der Waals surface area contributed by atoms with Crippen molar-refractivity contribution in [2.75, 3.05) is 14.2 Å². The molecular formula is C20H17ClN2O4. The summed E-state index contributed by atoms with van der Waals surface area (Å²) in [6.45, 7) is 0. The molecule has 0 radical (unpaired) electrons. The number of carbonyl (C=O) groups excluding carboxylic acids is 1. The highest BCUT2D eigenvalue weighted by Gasteiger charge is 2.10. The largest absolute Gasteiger partial charge is 0.493 e. The number of amides is 1. The molecule has 0 bridgehead atoms. The Morgan fingerprint density at radius 1 is 1.07 bits per heavy atom. The predicted octanol–water partition coefficient (Wildman–Crippen LogP) is 4.38. The SMILES string of the molecule is COc1ccc(C(=O)NN=Cc2ccc(-c3ccccc3Cl)o2)cc1OC. The van der Waals surface area contributed by atoms with Crippen LogP contribution < -0.4 is 14.9 Å². The Labute approximate surface area is 161 Å². The second-order valence-electron chi connectivity index (χ2n) is 5.45. The monoisotopic (exact) mass is 384 g/mol. The van der Waals surface area contributed by atoms with Crippen LogP contribution in [0.3, 0.4) is 0 Å². The molecule has 1 amide bonds. The average molecular weight is 385 g/mol. The van der Waals surface area contributed by atoms with E-state index in [1.165, 1.54) is 20.4 Å². The number of methoxy groups -OCH3 is 2. The molecule has 6 nitrogen and oxygen atoms in total. The molecule has 2 aromatic carbocycles. The summed E-state index contributed by atoms with van der Waals surface area (Å²) in [5.74, 6) is 1.72. The van der Waals surface area contributed by atoms with Gasteiger partial charge in [0, 0.05) is 11.1 Å². The minimum Gasteiger partial charge on any atom is -0.493 e. The molecule has 27 heavy (non-hydrogen) atoms. The Balaban J connectivity index is 1.67. The predicted molar refractivity (Wildman–Crippen MR) is 104 cm³/mol. The highest BCUT2D eigenvalue weighted by molar-refractivity contribution is 6.33. The Morgan fingerprint density at radius 2 is 1.85 bits per heavy atom. The second-order valence-corrected chi connectivity index (χ2v) is 5.86. The van der Waals surface area contributed by atoms with Gasteiger partial charge in [-0.15, -0.1) is 0 Å². The summed E-state index contributed by atoms with van der Waals surface area (Å²) in [5.41, 5.74) is 3.62. The van der Waals surface area contributed by atoms with Crippen molar-refractivity contribution in [1.29, 1.82) is 0 Å². The Hall–Kier alpha value is -3.25. The molecule has 0 saturated heterocycles. The number of nitrogens with zero attached hydrogens (tertiary/aromatic N) is 1. The van der Waals surface area contributed by atoms with E-state index in [9.17, 15) is 4.79 Å². The van der Waals surface area contributed by atoms with E-state index in [2.05, 4.69) is 10.5 Å². The Morgan fingerprint density at radius 3 is 2.59 bits per heavy atom. The first-order valence-corrected chi connectivity index (χ1v) is 8.40. The van der Waals surface area contributed by atoms with Crippen LogP contribution in [0.15, 0.2) is 64.1 Å². The van der Waals surface area contributed by atoms with Crippen molar-refractivity contribution in [1.82, 2.24) is 5.43 Å². The van der Waals surface area contributed by atoms with Crippen molar-refractivity contribution in [3.8, 4) is 22.8 Å². The minimum absolute atomic E-state index is 0.384. The molecule has 0 saturated carbocycles. The van der Waals surface area contributed by atoms with Crippen LogP contribution in [0.25, 0.3) is 11.3 Å². The summed E-state index contributed by atoms with van der Waals surface area (Å²) in [4.78, 5) is 12.2. The van der Waals surface area contributed by atoms with E-state index in [0.29, 0.717) is 33.6 Å². The van der Waals surface area contributed by atoms with Gasteiger partial charge in [-0.2, -0.15) is 5.10 Å². The fraction of sp³-hybridized carbons (Fsp3) is 0.100. The maximum absolute atomic E-state index is 12.2. The molecule has 0 aliphatic carbocycles. The molecule has 0 spiro atoms. The van der Waals surface area contributed by atoms with Gasteiger partial charge in [-0.25, -0.2) is 5.43 Å². The lowest BCUT2D eigenvalue weighted by Gasteiger charge is -2.08. The van der Waals surface area contributed by atoms with E-state index in [0.717, 1.165) is 5.56 Å². The quantitative estimate of drug-likeness (QED) is 0.505. The van der Waals surface area contributed by atoms with Crippen LogP contribution in [-0.2, 0) is 0 Å². The summed E-state index contributed by atoms with van der Waals surface area (Å²) in [7, 11) is 3.04. The van der Waals surface area contributed by atoms with Gasteiger partial charge in [-0.3, -0.25) is 4.79 Å². The normalized spacial score (nSPS) is 10.8. The maximum Gasteiger partial charge on any atom is 0.271 e. The molecule has 3 aromatic rings. The molecule has 3 rings (SSSR count). The van der Waals surface area contributed by atoms with Gasteiger partial charge in [0.2, 0.25) is 0 Å². The smallest absolute Gasteiger partial charge is 0.271 e. The summed E-state index contributed by atoms with van der Waals surface area (Å²) in [6.07, 6.45) is 1.42. The minimum atomic E-state index is -0.384. The first kappa shape index (κ1) is 18.5. The van der Waals surface area contributed by atoms with Gasteiger partial charge in [0.15, 0.2) is 11.5 Å². The average Bonchev–Trinajstić information content (AvgIpc) is 3.16. The number of benzene rings is 2. The summed E-state index contributed by atoms with van der Waals surface area (Å²) < 4.78 is 16.0. The van der Waals surface area contributed by atoms with Gasteiger partial charge in [-0.05, 0) is 42.5 Å². The first-order valence-electron chi connectivity index (χ1n) is 8.02. The van der Waals surface area contributed by atoms with Gasteiger partial charge in [0.25, 0.3) is 5.91 Å². The molecule has 1 aromatic heterocycles. The van der Waals surface area contributed by atoms with Crippen LogP contribution in [0, 0.1) is 0 Å². The number of rotatable bonds is 6. The lowest BCUT2D eigenvalue weighted by atomic mass is 10.2. The number of nitrogens with one attached hydrogen (secondary N) is 1. The molecular weight excluding hydrogens is 368 g/mol. The fourth-order valence-corrected chi connectivity index (χ4v) is 2.65. The van der Waals surface area contributed by atoms with Crippen molar-refractivity contribution in [3.05, 3.63) is 70.9 Å². The number of ether oxygens (including phenoxy) is 2. The third-order valence-corrected chi connectivity index (χ3v) is 4.10. The summed E-state index contributed by atoms with van der Waals surface area (Å²) >= 11 is 6.16. The number of hydrazone groups is 1. The zero-order chi connectivity index (χ0) is 19.2. The fourth-order valence-electron chi connectivity index (χ4n) is 2.42. The van der Waals surface area contributed by atoms with Crippen LogP contribution in [0.2, 0.25) is 5.02 Å². The Kier molecular flexibility index (Phi) is 5.78. The molecule has 7 heteroatoms. The molecule has 0 atom stereocenters. The van der Waals surface area contributed by atoms with Crippen molar-refractivity contribution < 1.29 is 18.7 Å². The second kappa shape index (κ2) is 8.42. The third-order valence-electron chi connectivity index (χ3n) is 3.77. The van der Waals surface area contributed by atoms with Gasteiger partial charge < -0.3 is 13.9 Å². The molecule has 1 heterocycles. The summed E-state index contributed by atoms with van der Waals surface area (Å²) in [5, 5.41) is 4.52. The molecule has 138 valence electrons. The standard InChI is InChI=1S/C20H17ClN2O4/c1-25-18-9-7-13(11-19(18)26-2)20(24)23-22-12-14-8-10-17(27-14)15-5-3-4-6-16(15)21/h3-12H,1-2H3,(H,23,24). The lowest BCUT2D eigenvalue weighted by Crippen LogP contribution is -2.17. The molecule has 0 aliphatic heterocycles. The van der Waals surface area contributed by atoms with Crippen LogP contribution in [-0.4, -0.2) is 26.3 Å². The number of halogens is 1. The van der Waals surface area contributed by atoms with Crippen molar-refractivity contribution in [3.63, 3.8) is 0 Å². The molecule has 0 unspecified atom stereocenters. The van der Waals surface area contributed by atoms with E-state index < -0.39 is 0 Å². The van der Waals surface area contributed by atoms with Crippen molar-refractivity contribution in [2.24, 2.45) is 5.10 Å². The number of carbonyl (C=O) groups is 1. The van der Waals surface area contributed by atoms with E-state index in [-0.39, 0.29) is 5.91 Å². The maximum atomic E-state index is 12.2. The van der Waals surface area contributed by atoms with E-state index in [4.69, 9.17) is 25.5 Å². The first-order chi connectivity index (χ1) is 13.1. The van der Waals surface area contributed by atoms with Crippen LogP contribution in [0.4, 0.5) is 0 Å². The van der Waals surface area contributed by atoms with E-state index in [1.807, 2.05) is 18.2 Å². The summed E-state index contributed by atoms with van der Waals surface area (Å²) in [6, 6.07) is 15.8. The molecule has 1 N–H and O–H groups in total.